The van der Waals surface area contributed by atoms with E-state index in [1.54, 1.807) is 0 Å². The first-order valence-electron chi connectivity index (χ1n) is 7.82. The van der Waals surface area contributed by atoms with Crippen LogP contribution in [0.2, 0.25) is 0 Å². The Hall–Kier alpha value is -2.22. The molecule has 3 amide bonds. The van der Waals surface area contributed by atoms with Crippen molar-refractivity contribution >= 4 is 11.9 Å². The maximum atomic E-state index is 13.7. The second-order valence-corrected chi connectivity index (χ2v) is 5.89. The van der Waals surface area contributed by atoms with Crippen LogP contribution in [-0.4, -0.2) is 47.2 Å². The van der Waals surface area contributed by atoms with Crippen molar-refractivity contribution in [2.45, 2.75) is 38.5 Å². The van der Waals surface area contributed by atoms with Gasteiger partial charge in [-0.3, -0.25) is 4.79 Å². The van der Waals surface area contributed by atoms with E-state index in [9.17, 15) is 18.4 Å². The van der Waals surface area contributed by atoms with Crippen molar-refractivity contribution in [3.8, 4) is 0 Å². The number of aliphatic hydroxyl groups is 1. The van der Waals surface area contributed by atoms with Crippen LogP contribution in [0.15, 0.2) is 18.2 Å². The summed E-state index contributed by atoms with van der Waals surface area (Å²) in [5.41, 5.74) is 0.226. The molecule has 132 valence electrons. The maximum absolute atomic E-state index is 13.7. The van der Waals surface area contributed by atoms with E-state index < -0.39 is 29.8 Å². The van der Waals surface area contributed by atoms with Gasteiger partial charge in [-0.2, -0.15) is 0 Å². The number of hydrogen-bond donors (Lipinski definition) is 3. The van der Waals surface area contributed by atoms with Crippen LogP contribution in [0, 0.1) is 11.6 Å². The summed E-state index contributed by atoms with van der Waals surface area (Å²) in [5.74, 6) is -1.68. The van der Waals surface area contributed by atoms with E-state index in [1.807, 2.05) is 0 Å². The number of urea groups is 1. The molecule has 1 aliphatic rings. The van der Waals surface area contributed by atoms with Crippen LogP contribution in [0.25, 0.3) is 0 Å². The third-order valence-corrected chi connectivity index (χ3v) is 3.77. The van der Waals surface area contributed by atoms with E-state index in [-0.39, 0.29) is 24.6 Å². The number of nitrogens with zero attached hydrogens (tertiary/aromatic N) is 1. The first-order chi connectivity index (χ1) is 11.4. The topological polar surface area (TPSA) is 81.7 Å². The van der Waals surface area contributed by atoms with Gasteiger partial charge in [0.1, 0.15) is 17.7 Å². The van der Waals surface area contributed by atoms with Gasteiger partial charge in [0.15, 0.2) is 0 Å². The van der Waals surface area contributed by atoms with Crippen LogP contribution in [0.5, 0.6) is 0 Å². The highest BCUT2D eigenvalue weighted by Crippen LogP contribution is 2.17. The number of amides is 3. The standard InChI is InChI=1S/C16H21F2N3O3/c1-10(22)8-19-16(24)20-14-3-2-6-21(15(14)23)9-11-4-5-12(17)7-13(11)18/h4-5,7,10,14,22H,2-3,6,8-9H2,1H3,(H2,19,20,24)/t10-,14?/m1/s1. The minimum absolute atomic E-state index is 0.0262. The quantitative estimate of drug-likeness (QED) is 0.751. The number of carbonyl (C=O) groups excluding carboxylic acids is 2. The van der Waals surface area contributed by atoms with Gasteiger partial charge in [-0.05, 0) is 25.8 Å². The molecule has 0 aromatic heterocycles. The van der Waals surface area contributed by atoms with Crippen molar-refractivity contribution in [3.63, 3.8) is 0 Å². The number of hydrogen-bond acceptors (Lipinski definition) is 3. The number of aliphatic hydroxyl groups excluding tert-OH is 1. The van der Waals surface area contributed by atoms with Crippen LogP contribution in [0.3, 0.4) is 0 Å². The molecule has 0 aliphatic carbocycles. The first-order valence-corrected chi connectivity index (χ1v) is 7.82. The van der Waals surface area contributed by atoms with Crippen molar-refractivity contribution < 1.29 is 23.5 Å². The Labute approximate surface area is 138 Å². The molecule has 1 heterocycles. The molecule has 1 aromatic rings. The zero-order valence-corrected chi connectivity index (χ0v) is 13.4. The van der Waals surface area contributed by atoms with Gasteiger partial charge in [-0.25, -0.2) is 13.6 Å². The predicted octanol–water partition coefficient (Wildman–Crippen LogP) is 1.14. The van der Waals surface area contributed by atoms with E-state index in [1.165, 1.54) is 17.9 Å². The van der Waals surface area contributed by atoms with Crippen LogP contribution >= 0.6 is 0 Å². The summed E-state index contributed by atoms with van der Waals surface area (Å²) in [5, 5.41) is 14.1. The van der Waals surface area contributed by atoms with E-state index in [4.69, 9.17) is 5.11 Å². The molecule has 1 aromatic carbocycles. The van der Waals surface area contributed by atoms with Crippen LogP contribution in [0.4, 0.5) is 13.6 Å². The summed E-state index contributed by atoms with van der Waals surface area (Å²) in [6.07, 6.45) is 0.468. The average molecular weight is 341 g/mol. The van der Waals surface area contributed by atoms with Gasteiger partial charge in [0.25, 0.3) is 0 Å². The molecule has 8 heteroatoms. The SMILES string of the molecule is C[C@@H](O)CNC(=O)NC1CCCN(Cc2ccc(F)cc2F)C1=O. The molecular formula is C16H21F2N3O3. The Balaban J connectivity index is 1.95. The van der Waals surface area contributed by atoms with Gasteiger partial charge in [-0.15, -0.1) is 0 Å². The molecule has 0 spiro atoms. The van der Waals surface area contributed by atoms with Crippen molar-refractivity contribution in [1.82, 2.24) is 15.5 Å². The fourth-order valence-electron chi connectivity index (χ4n) is 2.54. The lowest BCUT2D eigenvalue weighted by atomic mass is 10.0. The Morgan fingerprint density at radius 2 is 2.21 bits per heavy atom. The summed E-state index contributed by atoms with van der Waals surface area (Å²) in [4.78, 5) is 25.6. The molecule has 24 heavy (non-hydrogen) atoms. The number of piperidine rings is 1. The van der Waals surface area contributed by atoms with Gasteiger partial charge < -0.3 is 20.6 Å². The van der Waals surface area contributed by atoms with Crippen LogP contribution < -0.4 is 10.6 Å². The molecule has 0 bridgehead atoms. The molecule has 2 atom stereocenters. The van der Waals surface area contributed by atoms with E-state index in [0.717, 1.165) is 12.1 Å². The van der Waals surface area contributed by atoms with E-state index >= 15 is 0 Å². The number of halogens is 2. The van der Waals surface area contributed by atoms with E-state index in [2.05, 4.69) is 10.6 Å². The molecule has 6 nitrogen and oxygen atoms in total. The number of nitrogens with one attached hydrogen (secondary N) is 2. The van der Waals surface area contributed by atoms with Crippen molar-refractivity contribution in [3.05, 3.63) is 35.4 Å². The highest BCUT2D eigenvalue weighted by molar-refractivity contribution is 5.87. The van der Waals surface area contributed by atoms with Crippen LogP contribution in [0.1, 0.15) is 25.3 Å². The fraction of sp³-hybridized carbons (Fsp3) is 0.500. The summed E-state index contributed by atoms with van der Waals surface area (Å²) < 4.78 is 26.7. The van der Waals surface area contributed by atoms with Crippen LogP contribution in [-0.2, 0) is 11.3 Å². The molecule has 1 unspecified atom stereocenters. The molecule has 1 aliphatic heterocycles. The molecule has 2 rings (SSSR count). The van der Waals surface area contributed by atoms with Crippen molar-refractivity contribution in [2.24, 2.45) is 0 Å². The van der Waals surface area contributed by atoms with E-state index in [0.29, 0.717) is 19.4 Å². The minimum atomic E-state index is -0.701. The van der Waals surface area contributed by atoms with Crippen molar-refractivity contribution in [2.75, 3.05) is 13.1 Å². The maximum Gasteiger partial charge on any atom is 0.315 e. The normalized spacial score (nSPS) is 19.1. The molecular weight excluding hydrogens is 320 g/mol. The number of likely N-dealkylation sites (tertiary alicyclic amines) is 1. The predicted molar refractivity (Wildman–Crippen MR) is 83.0 cm³/mol. The Morgan fingerprint density at radius 3 is 2.88 bits per heavy atom. The third-order valence-electron chi connectivity index (χ3n) is 3.77. The summed E-state index contributed by atoms with van der Waals surface area (Å²) in [7, 11) is 0. The Morgan fingerprint density at radius 1 is 1.46 bits per heavy atom. The van der Waals surface area contributed by atoms with Gasteiger partial charge in [-0.1, -0.05) is 6.07 Å². The smallest absolute Gasteiger partial charge is 0.315 e. The Kier molecular flexibility index (Phi) is 6.08. The van der Waals surface area contributed by atoms with Gasteiger partial charge in [0, 0.05) is 31.3 Å². The Bertz CT molecular complexity index is 610. The third kappa shape index (κ3) is 4.89. The summed E-state index contributed by atoms with van der Waals surface area (Å²) in [6.45, 7) is 2.09. The molecule has 1 saturated heterocycles. The zero-order valence-electron chi connectivity index (χ0n) is 13.4. The van der Waals surface area contributed by atoms with Gasteiger partial charge in [0.2, 0.25) is 5.91 Å². The number of carbonyl (C=O) groups is 2. The lowest BCUT2D eigenvalue weighted by Crippen LogP contribution is -2.54. The first kappa shape index (κ1) is 18.1. The molecule has 0 saturated carbocycles. The number of rotatable bonds is 5. The lowest BCUT2D eigenvalue weighted by Gasteiger charge is -2.32. The van der Waals surface area contributed by atoms with Gasteiger partial charge >= 0.3 is 6.03 Å². The largest absolute Gasteiger partial charge is 0.392 e. The molecule has 3 N–H and O–H groups in total. The second kappa shape index (κ2) is 8.05. The second-order valence-electron chi connectivity index (χ2n) is 5.89. The van der Waals surface area contributed by atoms with Crippen molar-refractivity contribution in [1.29, 1.82) is 0 Å². The number of benzene rings is 1. The summed E-state index contributed by atoms with van der Waals surface area (Å²) >= 11 is 0. The zero-order chi connectivity index (χ0) is 17.7. The molecule has 0 radical (unpaired) electrons. The highest BCUT2D eigenvalue weighted by Gasteiger charge is 2.30. The summed E-state index contributed by atoms with van der Waals surface area (Å²) in [6, 6.07) is 2.00. The molecule has 1 fully saturated rings. The highest BCUT2D eigenvalue weighted by atomic mass is 19.1. The minimum Gasteiger partial charge on any atom is -0.392 e. The van der Waals surface area contributed by atoms with Gasteiger partial charge in [0.05, 0.1) is 6.10 Å². The average Bonchev–Trinajstić information content (AvgIpc) is 2.51. The monoisotopic (exact) mass is 341 g/mol. The lowest BCUT2D eigenvalue weighted by molar-refractivity contribution is -0.136. The fourth-order valence-corrected chi connectivity index (χ4v) is 2.54.